The quantitative estimate of drug-likeness (QED) is 0.279. The predicted molar refractivity (Wildman–Crippen MR) is 149 cm³/mol. The third kappa shape index (κ3) is 4.05. The largest absolute Gasteiger partial charge is 0.0985 e. The number of benzene rings is 4. The monoisotopic (exact) mass is 442 g/mol. The Morgan fingerprint density at radius 2 is 0.971 bits per heavy atom. The summed E-state index contributed by atoms with van der Waals surface area (Å²) in [7, 11) is 0. The summed E-state index contributed by atoms with van der Waals surface area (Å²) in [6.07, 6.45) is 5.74. The predicted octanol–water partition coefficient (Wildman–Crippen LogP) is 8.98. The average molecular weight is 443 g/mol. The van der Waals surface area contributed by atoms with E-state index in [2.05, 4.69) is 112 Å². The van der Waals surface area contributed by atoms with Gasteiger partial charge in [0.05, 0.1) is 0 Å². The van der Waals surface area contributed by atoms with E-state index in [-0.39, 0.29) is 12.8 Å². The molecule has 0 unspecified atom stereocenters. The van der Waals surface area contributed by atoms with Gasteiger partial charge in [-0.2, -0.15) is 0 Å². The second-order valence-electron chi connectivity index (χ2n) is 9.43. The Morgan fingerprint density at radius 3 is 1.32 bits per heavy atom. The van der Waals surface area contributed by atoms with Gasteiger partial charge in [0.25, 0.3) is 0 Å². The molecule has 4 aromatic rings. The Hall–Kier alpha value is -3.64. The zero-order valence-electron chi connectivity index (χ0n) is 19.6. The van der Waals surface area contributed by atoms with E-state index < -0.39 is 0 Å². The van der Waals surface area contributed by atoms with Crippen LogP contribution in [-0.2, 0) is 18.3 Å². The van der Waals surface area contributed by atoms with Crippen LogP contribution in [0.4, 0.5) is 0 Å². The van der Waals surface area contributed by atoms with Crippen molar-refractivity contribution in [3.8, 4) is 11.1 Å². The fourth-order valence-corrected chi connectivity index (χ4v) is 5.41. The van der Waals surface area contributed by atoms with Gasteiger partial charge >= 0.3 is 0 Å². The van der Waals surface area contributed by atoms with E-state index in [0.717, 1.165) is 24.0 Å². The lowest BCUT2D eigenvalue weighted by atomic mass is 9.69. The van der Waals surface area contributed by atoms with Gasteiger partial charge in [-0.25, -0.2) is 0 Å². The minimum atomic E-state index is -0.117. The topological polar surface area (TPSA) is 0 Å². The van der Waals surface area contributed by atoms with Crippen molar-refractivity contribution < 1.29 is 0 Å². The van der Waals surface area contributed by atoms with Crippen LogP contribution in [0.1, 0.15) is 51.9 Å². The molecule has 0 radical (unpaired) electrons. The van der Waals surface area contributed by atoms with Gasteiger partial charge in [0, 0.05) is 5.41 Å². The number of fused-ring (bicyclic) bond motifs is 3. The summed E-state index contributed by atoms with van der Waals surface area (Å²) < 4.78 is 0. The molecule has 1 aliphatic rings. The van der Waals surface area contributed by atoms with E-state index in [0.29, 0.717) is 0 Å². The molecule has 0 aromatic heterocycles. The molecule has 0 atom stereocenters. The van der Waals surface area contributed by atoms with Gasteiger partial charge in [-0.05, 0) is 71.2 Å². The highest BCUT2D eigenvalue weighted by Gasteiger charge is 2.43. The van der Waals surface area contributed by atoms with Gasteiger partial charge in [0.2, 0.25) is 0 Å². The number of aryl methyl sites for hydroxylation is 2. The second kappa shape index (κ2) is 9.31. The fourth-order valence-electron chi connectivity index (χ4n) is 5.41. The van der Waals surface area contributed by atoms with Crippen LogP contribution in [0, 0.1) is 13.8 Å². The minimum Gasteiger partial charge on any atom is -0.0985 e. The molecule has 0 aliphatic heterocycles. The van der Waals surface area contributed by atoms with E-state index in [4.69, 9.17) is 0 Å². The maximum Gasteiger partial charge on any atom is 0.0295 e. The van der Waals surface area contributed by atoms with Gasteiger partial charge in [0.15, 0.2) is 0 Å². The first-order valence-corrected chi connectivity index (χ1v) is 11.7. The van der Waals surface area contributed by atoms with Crippen LogP contribution in [-0.4, -0.2) is 0 Å². The van der Waals surface area contributed by atoms with Gasteiger partial charge in [-0.1, -0.05) is 129 Å². The summed E-state index contributed by atoms with van der Waals surface area (Å²) in [5, 5.41) is 0. The molecule has 0 nitrogen and oxygen atoms in total. The van der Waals surface area contributed by atoms with Crippen molar-refractivity contribution in [1.82, 2.24) is 0 Å². The molecule has 5 rings (SSSR count). The first-order valence-electron chi connectivity index (χ1n) is 11.7. The van der Waals surface area contributed by atoms with Crippen molar-refractivity contribution in [2.24, 2.45) is 0 Å². The lowest BCUT2D eigenvalue weighted by Crippen LogP contribution is -2.31. The molecule has 0 heterocycles. The molecule has 34 heavy (non-hydrogen) atoms. The maximum absolute atomic E-state index is 3.92. The highest BCUT2D eigenvalue weighted by Crippen LogP contribution is 2.52. The third-order valence-corrected chi connectivity index (χ3v) is 7.11. The molecule has 0 amide bonds. The molecular weight excluding hydrogens is 408 g/mol. The normalized spacial score (nSPS) is 12.9. The van der Waals surface area contributed by atoms with Crippen LogP contribution in [0.2, 0.25) is 0 Å². The van der Waals surface area contributed by atoms with E-state index in [1.54, 1.807) is 0 Å². The van der Waals surface area contributed by atoms with E-state index in [9.17, 15) is 0 Å². The Kier molecular flexibility index (Phi) is 6.44. The van der Waals surface area contributed by atoms with Crippen molar-refractivity contribution in [3.05, 3.63) is 143 Å². The first-order chi connectivity index (χ1) is 16.0. The molecule has 0 saturated heterocycles. The van der Waals surface area contributed by atoms with Crippen molar-refractivity contribution in [3.63, 3.8) is 0 Å². The molecule has 0 saturated carbocycles. The van der Waals surface area contributed by atoms with Crippen LogP contribution in [0.5, 0.6) is 0 Å². The molecule has 0 heteroatoms. The fraction of sp³-hybridized carbons (Fsp3) is 0.176. The Labute approximate surface area is 205 Å². The van der Waals surface area contributed by atoms with E-state index >= 15 is 0 Å². The van der Waals surface area contributed by atoms with E-state index in [1.807, 2.05) is 12.2 Å². The number of rotatable bonds is 6. The van der Waals surface area contributed by atoms with Crippen molar-refractivity contribution >= 4 is 12.2 Å². The second-order valence-corrected chi connectivity index (χ2v) is 9.43. The Bertz CT molecular complexity index is 1230. The summed E-state index contributed by atoms with van der Waals surface area (Å²) in [5.74, 6) is 0. The summed E-state index contributed by atoms with van der Waals surface area (Å²) >= 11 is 0. The molecule has 0 fully saturated rings. The molecular formula is C34H34. The first kappa shape index (κ1) is 23.5. The summed E-state index contributed by atoms with van der Waals surface area (Å²) in [6.45, 7) is 12.2. The summed E-state index contributed by atoms with van der Waals surface area (Å²) in [6, 6.07) is 31.8. The third-order valence-electron chi connectivity index (χ3n) is 7.11. The zero-order chi connectivity index (χ0) is 23.0. The van der Waals surface area contributed by atoms with Crippen molar-refractivity contribution in [2.45, 2.75) is 39.5 Å². The molecule has 0 N–H and O–H groups in total. The average Bonchev–Trinajstić information content (AvgIpc) is 3.08. The van der Waals surface area contributed by atoms with Gasteiger partial charge in [-0.15, -0.1) is 0 Å². The van der Waals surface area contributed by atoms with Crippen molar-refractivity contribution in [2.75, 3.05) is 0 Å². The van der Waals surface area contributed by atoms with Crippen LogP contribution in [0.25, 0.3) is 23.3 Å². The molecule has 1 aliphatic carbocycles. The minimum absolute atomic E-state index is 0. The van der Waals surface area contributed by atoms with Gasteiger partial charge < -0.3 is 0 Å². The summed E-state index contributed by atoms with van der Waals surface area (Å²) in [4.78, 5) is 0. The highest BCUT2D eigenvalue weighted by atomic mass is 14.5. The Morgan fingerprint density at radius 1 is 0.588 bits per heavy atom. The molecule has 0 bridgehead atoms. The van der Waals surface area contributed by atoms with Crippen LogP contribution >= 0.6 is 0 Å². The smallest absolute Gasteiger partial charge is 0.0295 e. The standard InChI is InChI=1S/C33H30.CH4/c1-5-25-9-13-27(14-10-25)21-33(22-28-15-11-26(6-2)12-16-28)31-19-23(3)7-17-29(31)30-18-8-24(4)20-32(30)33;/h5-20H,1-2,21-22H2,3-4H3;1H4. The van der Waals surface area contributed by atoms with E-state index in [1.165, 1.54) is 44.5 Å². The SMILES string of the molecule is C.C=Cc1ccc(CC2(Cc3ccc(C=C)cc3)c3cc(C)ccc3-c3ccc(C)cc32)cc1. The van der Waals surface area contributed by atoms with Crippen LogP contribution in [0.15, 0.2) is 98.1 Å². The van der Waals surface area contributed by atoms with Crippen LogP contribution < -0.4 is 0 Å². The number of hydrogen-bond acceptors (Lipinski definition) is 0. The maximum atomic E-state index is 3.92. The number of hydrogen-bond donors (Lipinski definition) is 0. The lowest BCUT2D eigenvalue weighted by Gasteiger charge is -2.33. The lowest BCUT2D eigenvalue weighted by molar-refractivity contribution is 0.519. The van der Waals surface area contributed by atoms with Gasteiger partial charge in [0.1, 0.15) is 0 Å². The Balaban J connectivity index is 0.00000274. The molecule has 0 spiro atoms. The van der Waals surface area contributed by atoms with Crippen molar-refractivity contribution in [1.29, 1.82) is 0 Å². The van der Waals surface area contributed by atoms with Crippen LogP contribution in [0.3, 0.4) is 0 Å². The molecule has 4 aromatic carbocycles. The van der Waals surface area contributed by atoms with Gasteiger partial charge in [-0.3, -0.25) is 0 Å². The molecule has 170 valence electrons. The summed E-state index contributed by atoms with van der Waals surface area (Å²) in [5.41, 5.74) is 13.2. The highest BCUT2D eigenvalue weighted by molar-refractivity contribution is 5.82. The zero-order valence-corrected chi connectivity index (χ0v) is 19.6.